The van der Waals surface area contributed by atoms with Crippen LogP contribution in [0.3, 0.4) is 0 Å². The molecule has 0 saturated heterocycles. The van der Waals surface area contributed by atoms with Crippen LogP contribution >= 0.6 is 0 Å². The maximum Gasteiger partial charge on any atom is 0.247 e. The van der Waals surface area contributed by atoms with Crippen LogP contribution in [0, 0.1) is 11.2 Å². The summed E-state index contributed by atoms with van der Waals surface area (Å²) in [5.74, 6) is -2.25. The van der Waals surface area contributed by atoms with E-state index in [-0.39, 0.29) is 18.3 Å². The molecule has 0 heterocycles. The molecular formula is C18H20F3O3-. The van der Waals surface area contributed by atoms with E-state index in [9.17, 15) is 23.1 Å². The minimum Gasteiger partial charge on any atom is -0.545 e. The van der Waals surface area contributed by atoms with Crippen LogP contribution < -0.4 is 9.84 Å². The van der Waals surface area contributed by atoms with Crippen LogP contribution in [0.4, 0.5) is 13.2 Å². The van der Waals surface area contributed by atoms with Gasteiger partial charge in [-0.05, 0) is 43.2 Å². The summed E-state index contributed by atoms with van der Waals surface area (Å²) >= 11 is 0. The molecule has 0 aromatic heterocycles. The summed E-state index contributed by atoms with van der Waals surface area (Å²) < 4.78 is 46.7. The van der Waals surface area contributed by atoms with Crippen LogP contribution in [0.25, 0.3) is 0 Å². The minimum absolute atomic E-state index is 0.104. The van der Waals surface area contributed by atoms with Gasteiger partial charge >= 0.3 is 0 Å². The molecule has 1 aromatic carbocycles. The van der Waals surface area contributed by atoms with Crippen molar-refractivity contribution in [2.24, 2.45) is 5.41 Å². The molecule has 2 aliphatic carbocycles. The zero-order valence-electron chi connectivity index (χ0n) is 13.3. The number of carbonyl (C=O) groups excluding carboxylic acids is 1. The molecule has 0 bridgehead atoms. The highest BCUT2D eigenvalue weighted by atomic mass is 19.3. The number of carbonyl (C=O) groups is 1. The highest BCUT2D eigenvalue weighted by Crippen LogP contribution is 2.47. The lowest BCUT2D eigenvalue weighted by Gasteiger charge is -2.36. The Hall–Kier alpha value is -1.72. The lowest BCUT2D eigenvalue weighted by atomic mass is 9.75. The number of ether oxygens (including phenoxy) is 1. The Morgan fingerprint density at radius 3 is 2.46 bits per heavy atom. The van der Waals surface area contributed by atoms with E-state index in [4.69, 9.17) is 4.74 Å². The summed E-state index contributed by atoms with van der Waals surface area (Å²) in [6, 6.07) is 2.23. The monoisotopic (exact) mass is 341 g/mol. The molecule has 0 N–H and O–H groups in total. The van der Waals surface area contributed by atoms with Gasteiger partial charge in [0, 0.05) is 11.6 Å². The topological polar surface area (TPSA) is 49.4 Å². The summed E-state index contributed by atoms with van der Waals surface area (Å²) in [5, 5.41) is 11.0. The molecule has 2 aliphatic rings. The molecule has 24 heavy (non-hydrogen) atoms. The number of rotatable bonds is 6. The maximum absolute atomic E-state index is 13.9. The standard InChI is InChI=1S/C18H21F3O3/c19-14-9-15(12(11-4-5-11)8-13(14)16(22)23)24-10-18(17(20)21)6-2-1-3-7-18/h8-9,11,17H,1-7,10H2,(H,22,23)/p-1. The first-order valence-electron chi connectivity index (χ1n) is 8.39. The van der Waals surface area contributed by atoms with Crippen molar-refractivity contribution in [1.82, 2.24) is 0 Å². The van der Waals surface area contributed by atoms with Gasteiger partial charge in [0.15, 0.2) is 0 Å². The summed E-state index contributed by atoms with van der Waals surface area (Å²) in [5.41, 5.74) is -1.12. The zero-order chi connectivity index (χ0) is 17.3. The van der Waals surface area contributed by atoms with Gasteiger partial charge in [0.25, 0.3) is 0 Å². The van der Waals surface area contributed by atoms with E-state index >= 15 is 0 Å². The smallest absolute Gasteiger partial charge is 0.247 e. The van der Waals surface area contributed by atoms with Crippen LogP contribution in [0.5, 0.6) is 5.75 Å². The Kier molecular flexibility index (Phi) is 4.74. The van der Waals surface area contributed by atoms with Gasteiger partial charge in [-0.25, -0.2) is 13.2 Å². The Bertz CT molecular complexity index is 620. The number of carboxylic acids is 1. The average Bonchev–Trinajstić information content (AvgIpc) is 3.38. The SMILES string of the molecule is O=C([O-])c1cc(C2CC2)c(OCC2(C(F)F)CCCCC2)cc1F. The summed E-state index contributed by atoms with van der Waals surface area (Å²) in [7, 11) is 0. The summed E-state index contributed by atoms with van der Waals surface area (Å²) in [6.45, 7) is -0.172. The molecule has 0 radical (unpaired) electrons. The first-order valence-corrected chi connectivity index (χ1v) is 8.39. The number of alkyl halides is 2. The Labute approximate surface area is 138 Å². The average molecular weight is 341 g/mol. The fourth-order valence-corrected chi connectivity index (χ4v) is 3.47. The highest BCUT2D eigenvalue weighted by molar-refractivity contribution is 5.86. The second-order valence-electron chi connectivity index (χ2n) is 6.94. The van der Waals surface area contributed by atoms with Gasteiger partial charge in [0.1, 0.15) is 11.6 Å². The van der Waals surface area contributed by atoms with Crippen molar-refractivity contribution in [3.05, 3.63) is 29.1 Å². The lowest BCUT2D eigenvalue weighted by molar-refractivity contribution is -0.255. The first kappa shape index (κ1) is 17.1. The molecule has 2 fully saturated rings. The quantitative estimate of drug-likeness (QED) is 0.793. The summed E-state index contributed by atoms with van der Waals surface area (Å²) in [6.07, 6.45) is 2.42. The second kappa shape index (κ2) is 6.65. The van der Waals surface area contributed by atoms with Crippen molar-refractivity contribution in [2.45, 2.75) is 57.3 Å². The van der Waals surface area contributed by atoms with Crippen molar-refractivity contribution >= 4 is 5.97 Å². The molecule has 0 atom stereocenters. The van der Waals surface area contributed by atoms with Crippen molar-refractivity contribution in [3.8, 4) is 5.75 Å². The molecule has 0 spiro atoms. The molecule has 132 valence electrons. The molecule has 2 saturated carbocycles. The van der Waals surface area contributed by atoms with Gasteiger partial charge in [-0.1, -0.05) is 19.3 Å². The molecule has 3 nitrogen and oxygen atoms in total. The van der Waals surface area contributed by atoms with Gasteiger partial charge < -0.3 is 14.6 Å². The third-order valence-corrected chi connectivity index (χ3v) is 5.16. The van der Waals surface area contributed by atoms with E-state index in [1.54, 1.807) is 0 Å². The Balaban J connectivity index is 1.83. The molecule has 1 aromatic rings. The van der Waals surface area contributed by atoms with Gasteiger partial charge in [-0.3, -0.25) is 0 Å². The van der Waals surface area contributed by atoms with Crippen molar-refractivity contribution in [1.29, 1.82) is 0 Å². The molecule has 0 amide bonds. The maximum atomic E-state index is 13.9. The third-order valence-electron chi connectivity index (χ3n) is 5.16. The highest BCUT2D eigenvalue weighted by Gasteiger charge is 2.42. The fourth-order valence-electron chi connectivity index (χ4n) is 3.47. The van der Waals surface area contributed by atoms with E-state index in [0.717, 1.165) is 38.2 Å². The van der Waals surface area contributed by atoms with Crippen molar-refractivity contribution in [2.75, 3.05) is 6.61 Å². The lowest BCUT2D eigenvalue weighted by Crippen LogP contribution is -2.38. The predicted octanol–water partition coefficient (Wildman–Crippen LogP) is 3.66. The van der Waals surface area contributed by atoms with E-state index in [1.165, 1.54) is 6.07 Å². The molecule has 0 aliphatic heterocycles. The fraction of sp³-hybridized carbons (Fsp3) is 0.611. The van der Waals surface area contributed by atoms with Crippen LogP contribution in [-0.4, -0.2) is 19.0 Å². The van der Waals surface area contributed by atoms with Crippen LogP contribution in [0.2, 0.25) is 0 Å². The van der Waals surface area contributed by atoms with Crippen LogP contribution in [-0.2, 0) is 0 Å². The van der Waals surface area contributed by atoms with Crippen molar-refractivity contribution < 1.29 is 27.8 Å². The Morgan fingerprint density at radius 2 is 1.92 bits per heavy atom. The number of halogens is 3. The van der Waals surface area contributed by atoms with Crippen LogP contribution in [0.15, 0.2) is 12.1 Å². The number of benzene rings is 1. The first-order chi connectivity index (χ1) is 11.4. The van der Waals surface area contributed by atoms with E-state index in [0.29, 0.717) is 18.4 Å². The number of hydrogen-bond acceptors (Lipinski definition) is 3. The van der Waals surface area contributed by atoms with Crippen molar-refractivity contribution in [3.63, 3.8) is 0 Å². The molecular weight excluding hydrogens is 321 g/mol. The zero-order valence-corrected chi connectivity index (χ0v) is 13.3. The van der Waals surface area contributed by atoms with Gasteiger partial charge in [0.05, 0.1) is 18.0 Å². The largest absolute Gasteiger partial charge is 0.545 e. The number of carboxylic acid groups (broad SMARTS) is 1. The second-order valence-corrected chi connectivity index (χ2v) is 6.94. The van der Waals surface area contributed by atoms with Gasteiger partial charge in [0.2, 0.25) is 6.43 Å². The number of hydrogen-bond donors (Lipinski definition) is 0. The third kappa shape index (κ3) is 3.37. The molecule has 3 rings (SSSR count). The number of aromatic carboxylic acids is 1. The van der Waals surface area contributed by atoms with E-state index in [1.807, 2.05) is 0 Å². The normalized spacial score (nSPS) is 20.2. The van der Waals surface area contributed by atoms with Gasteiger partial charge in [-0.2, -0.15) is 0 Å². The Morgan fingerprint density at radius 1 is 1.25 bits per heavy atom. The molecule has 0 unspecified atom stereocenters. The minimum atomic E-state index is -2.49. The van der Waals surface area contributed by atoms with E-state index < -0.39 is 29.2 Å². The summed E-state index contributed by atoms with van der Waals surface area (Å²) in [4.78, 5) is 11.0. The predicted molar refractivity (Wildman–Crippen MR) is 79.7 cm³/mol. The van der Waals surface area contributed by atoms with E-state index in [2.05, 4.69) is 0 Å². The van der Waals surface area contributed by atoms with Gasteiger partial charge in [-0.15, -0.1) is 0 Å². The van der Waals surface area contributed by atoms with Crippen LogP contribution in [0.1, 0.15) is 66.8 Å². The molecule has 6 heteroatoms.